The van der Waals surface area contributed by atoms with E-state index in [1.807, 2.05) is 12.1 Å². The molecular weight excluding hydrogens is 296 g/mol. The number of hydrogen-bond acceptors (Lipinski definition) is 3. The van der Waals surface area contributed by atoms with Crippen LogP contribution in [0.15, 0.2) is 18.2 Å². The summed E-state index contributed by atoms with van der Waals surface area (Å²) in [6, 6.07) is 6.02. The van der Waals surface area contributed by atoms with Gasteiger partial charge >= 0.3 is 0 Å². The maximum Gasteiger partial charge on any atom is 0.163 e. The third kappa shape index (κ3) is 2.87. The van der Waals surface area contributed by atoms with E-state index in [1.165, 1.54) is 36.1 Å². The summed E-state index contributed by atoms with van der Waals surface area (Å²) in [6.45, 7) is 5.56. The fourth-order valence-electron chi connectivity index (χ4n) is 2.78. The molecule has 1 aliphatic rings. The first-order valence-electron chi connectivity index (χ1n) is 6.65. The van der Waals surface area contributed by atoms with Crippen LogP contribution < -0.4 is 0 Å². The van der Waals surface area contributed by atoms with Crippen molar-refractivity contribution in [2.75, 3.05) is 13.1 Å². The highest BCUT2D eigenvalue weighted by Gasteiger charge is 2.17. The number of benzene rings is 1. The number of aromatic nitrogens is 1. The average Bonchev–Trinajstić information content (AvgIpc) is 2.66. The lowest BCUT2D eigenvalue weighted by Crippen LogP contribution is -2.35. The Labute approximate surface area is 127 Å². The maximum absolute atomic E-state index is 6.11. The van der Waals surface area contributed by atoms with E-state index in [0.29, 0.717) is 0 Å². The van der Waals surface area contributed by atoms with E-state index >= 15 is 0 Å². The van der Waals surface area contributed by atoms with Crippen LogP contribution in [0.1, 0.15) is 19.8 Å². The molecule has 0 unspecified atom stereocenters. The quantitative estimate of drug-likeness (QED) is 0.738. The van der Waals surface area contributed by atoms with Crippen LogP contribution in [0.2, 0.25) is 5.02 Å². The van der Waals surface area contributed by atoms with Gasteiger partial charge in [0.2, 0.25) is 0 Å². The molecule has 1 aromatic heterocycles. The average molecular weight is 313 g/mol. The van der Waals surface area contributed by atoms with Gasteiger partial charge in [0.1, 0.15) is 0 Å². The molecule has 0 N–H and O–H groups in total. The normalized spacial score (nSPS) is 21.1. The molecular formula is C14H17ClN2S2. The van der Waals surface area contributed by atoms with E-state index in [9.17, 15) is 0 Å². The molecule has 0 bridgehead atoms. The molecule has 1 atom stereocenters. The van der Waals surface area contributed by atoms with Crippen molar-refractivity contribution in [2.45, 2.75) is 26.4 Å². The molecule has 0 spiro atoms. The van der Waals surface area contributed by atoms with Crippen molar-refractivity contribution < 1.29 is 0 Å². The van der Waals surface area contributed by atoms with Gasteiger partial charge in [0.05, 0.1) is 16.9 Å². The Balaban J connectivity index is 1.93. The summed E-state index contributed by atoms with van der Waals surface area (Å²) in [5, 5.41) is 0.779. The standard InChI is InChI=1S/C14H17ClN2S2/c1-10-3-2-6-16(8-10)9-17-12-7-11(15)4-5-13(12)19-14(17)18/h4-5,7,10H,2-3,6,8-9H2,1H3/t10-/m1/s1. The number of likely N-dealkylation sites (tertiary alicyclic amines) is 1. The van der Waals surface area contributed by atoms with Gasteiger partial charge in [-0.1, -0.05) is 18.5 Å². The first-order valence-corrected chi connectivity index (χ1v) is 8.25. The van der Waals surface area contributed by atoms with Crippen LogP contribution in [0.4, 0.5) is 0 Å². The number of hydrogen-bond donors (Lipinski definition) is 0. The molecule has 2 nitrogen and oxygen atoms in total. The zero-order chi connectivity index (χ0) is 13.4. The lowest BCUT2D eigenvalue weighted by molar-refractivity contribution is 0.148. The van der Waals surface area contributed by atoms with Gasteiger partial charge in [0.25, 0.3) is 0 Å². The summed E-state index contributed by atoms with van der Waals surface area (Å²) < 4.78 is 4.38. The summed E-state index contributed by atoms with van der Waals surface area (Å²) in [7, 11) is 0. The third-order valence-electron chi connectivity index (χ3n) is 3.71. The number of piperidine rings is 1. The summed E-state index contributed by atoms with van der Waals surface area (Å²) in [5.74, 6) is 0.788. The molecule has 0 radical (unpaired) electrons. The Kier molecular flexibility index (Phi) is 3.94. The fourth-order valence-corrected chi connectivity index (χ4v) is 4.24. The highest BCUT2D eigenvalue weighted by Crippen LogP contribution is 2.27. The van der Waals surface area contributed by atoms with Crippen molar-refractivity contribution in [1.29, 1.82) is 0 Å². The molecule has 1 aromatic carbocycles. The highest BCUT2D eigenvalue weighted by molar-refractivity contribution is 7.73. The van der Waals surface area contributed by atoms with Crippen LogP contribution in [-0.4, -0.2) is 22.6 Å². The molecule has 0 saturated carbocycles. The van der Waals surface area contributed by atoms with Crippen molar-refractivity contribution in [3.8, 4) is 0 Å². The molecule has 19 heavy (non-hydrogen) atoms. The van der Waals surface area contributed by atoms with Crippen LogP contribution in [0.3, 0.4) is 0 Å². The molecule has 102 valence electrons. The lowest BCUT2D eigenvalue weighted by Gasteiger charge is -2.31. The van der Waals surface area contributed by atoms with E-state index in [0.717, 1.165) is 21.6 Å². The Bertz CT molecular complexity index is 646. The second-order valence-electron chi connectivity index (χ2n) is 5.37. The first-order chi connectivity index (χ1) is 9.13. The van der Waals surface area contributed by atoms with E-state index in [4.69, 9.17) is 23.8 Å². The Morgan fingerprint density at radius 2 is 2.32 bits per heavy atom. The van der Waals surface area contributed by atoms with Crippen molar-refractivity contribution in [1.82, 2.24) is 9.47 Å². The first kappa shape index (κ1) is 13.6. The second-order valence-corrected chi connectivity index (χ2v) is 7.49. The molecule has 2 heterocycles. The lowest BCUT2D eigenvalue weighted by atomic mass is 10.0. The van der Waals surface area contributed by atoms with E-state index in [2.05, 4.69) is 22.5 Å². The molecule has 0 aliphatic carbocycles. The molecule has 1 saturated heterocycles. The number of thiazole rings is 1. The van der Waals surface area contributed by atoms with Crippen LogP contribution >= 0.6 is 35.2 Å². The zero-order valence-corrected chi connectivity index (χ0v) is 13.3. The number of fused-ring (bicyclic) bond motifs is 1. The molecule has 0 amide bonds. The minimum Gasteiger partial charge on any atom is -0.309 e. The Morgan fingerprint density at radius 1 is 1.47 bits per heavy atom. The third-order valence-corrected chi connectivity index (χ3v) is 5.38. The number of nitrogens with zero attached hydrogens (tertiary/aromatic N) is 2. The van der Waals surface area contributed by atoms with Crippen molar-refractivity contribution in [3.63, 3.8) is 0 Å². The van der Waals surface area contributed by atoms with Crippen molar-refractivity contribution in [2.24, 2.45) is 5.92 Å². The number of halogens is 1. The van der Waals surface area contributed by atoms with Gasteiger partial charge in [-0.15, -0.1) is 11.3 Å². The van der Waals surface area contributed by atoms with E-state index < -0.39 is 0 Å². The van der Waals surface area contributed by atoms with Gasteiger partial charge in [-0.2, -0.15) is 0 Å². The summed E-state index contributed by atoms with van der Waals surface area (Å²) >= 11 is 13.3. The van der Waals surface area contributed by atoms with Gasteiger partial charge in [-0.3, -0.25) is 4.90 Å². The predicted octanol–water partition coefficient (Wildman–Crippen LogP) is 4.78. The Morgan fingerprint density at radius 3 is 3.11 bits per heavy atom. The van der Waals surface area contributed by atoms with E-state index in [-0.39, 0.29) is 0 Å². The number of rotatable bonds is 2. The van der Waals surface area contributed by atoms with Crippen LogP contribution in [-0.2, 0) is 6.67 Å². The van der Waals surface area contributed by atoms with Gasteiger partial charge < -0.3 is 4.57 Å². The molecule has 5 heteroatoms. The molecule has 3 rings (SSSR count). The van der Waals surface area contributed by atoms with Crippen molar-refractivity contribution in [3.05, 3.63) is 27.2 Å². The highest BCUT2D eigenvalue weighted by atomic mass is 35.5. The summed E-state index contributed by atoms with van der Waals surface area (Å²) in [6.07, 6.45) is 2.63. The zero-order valence-electron chi connectivity index (χ0n) is 10.9. The molecule has 1 aliphatic heterocycles. The molecule has 1 fully saturated rings. The van der Waals surface area contributed by atoms with Crippen LogP contribution in [0.5, 0.6) is 0 Å². The van der Waals surface area contributed by atoms with Gasteiger partial charge in [0.15, 0.2) is 3.95 Å². The second kappa shape index (κ2) is 5.52. The predicted molar refractivity (Wildman–Crippen MR) is 85.6 cm³/mol. The largest absolute Gasteiger partial charge is 0.309 e. The SMILES string of the molecule is C[C@@H]1CCCN(Cn2c(=S)sc3ccc(Cl)cc32)C1. The summed E-state index contributed by atoms with van der Waals surface area (Å²) in [4.78, 5) is 2.50. The molecule has 2 aromatic rings. The van der Waals surface area contributed by atoms with E-state index in [1.54, 1.807) is 11.3 Å². The van der Waals surface area contributed by atoms with Crippen LogP contribution in [0, 0.1) is 9.87 Å². The van der Waals surface area contributed by atoms with Gasteiger partial charge in [-0.05, 0) is 55.7 Å². The summed E-state index contributed by atoms with van der Waals surface area (Å²) in [5.41, 5.74) is 1.17. The smallest absolute Gasteiger partial charge is 0.163 e. The minimum atomic E-state index is 0.779. The maximum atomic E-state index is 6.11. The topological polar surface area (TPSA) is 8.17 Å². The fraction of sp³-hybridized carbons (Fsp3) is 0.500. The minimum absolute atomic E-state index is 0.779. The van der Waals surface area contributed by atoms with Gasteiger partial charge in [-0.25, -0.2) is 0 Å². The van der Waals surface area contributed by atoms with Crippen LogP contribution in [0.25, 0.3) is 10.2 Å². The Hall–Kier alpha value is -0.420. The van der Waals surface area contributed by atoms with Gasteiger partial charge in [0, 0.05) is 11.6 Å². The van der Waals surface area contributed by atoms with Crippen molar-refractivity contribution >= 4 is 45.4 Å². The monoisotopic (exact) mass is 312 g/mol.